The molecule has 0 aromatic heterocycles. The van der Waals surface area contributed by atoms with Gasteiger partial charge in [0.15, 0.2) is 0 Å². The molecule has 0 fully saturated rings. The van der Waals surface area contributed by atoms with Crippen LogP contribution < -0.4 is 15.0 Å². The zero-order chi connectivity index (χ0) is 20.0. The van der Waals surface area contributed by atoms with Crippen LogP contribution in [0.2, 0.25) is 0 Å². The molecule has 0 heterocycles. The first-order chi connectivity index (χ1) is 12.8. The normalized spacial score (nSPS) is 10.9. The maximum Gasteiger partial charge on any atom is 0.387 e. The molecule has 2 aromatic carbocycles. The highest BCUT2D eigenvalue weighted by atomic mass is 79.9. The summed E-state index contributed by atoms with van der Waals surface area (Å²) in [4.78, 5) is 25.2. The molecule has 0 aliphatic carbocycles. The van der Waals surface area contributed by atoms with Crippen LogP contribution in [-0.2, 0) is 9.59 Å². The third-order valence-corrected chi connectivity index (χ3v) is 4.09. The van der Waals surface area contributed by atoms with E-state index in [4.69, 9.17) is 0 Å². The summed E-state index contributed by atoms with van der Waals surface area (Å²) in [7, 11) is 1.60. The van der Waals surface area contributed by atoms with Gasteiger partial charge in [0, 0.05) is 30.1 Å². The average molecular weight is 439 g/mol. The summed E-state index contributed by atoms with van der Waals surface area (Å²) in [5.74, 6) is -0.716. The molecule has 8 heteroatoms. The van der Waals surface area contributed by atoms with E-state index in [1.165, 1.54) is 30.0 Å². The Morgan fingerprint density at radius 2 is 1.93 bits per heavy atom. The van der Waals surface area contributed by atoms with Gasteiger partial charge in [-0.1, -0.05) is 28.1 Å². The number of nitrogens with zero attached hydrogens (tertiary/aromatic N) is 1. The maximum absolute atomic E-state index is 12.5. The van der Waals surface area contributed by atoms with Crippen LogP contribution in [0.15, 0.2) is 53.0 Å². The second-order valence-electron chi connectivity index (χ2n) is 5.48. The summed E-state index contributed by atoms with van der Waals surface area (Å²) in [6.07, 6.45) is 2.57. The highest BCUT2D eigenvalue weighted by Crippen LogP contribution is 2.27. The number of hydrogen-bond acceptors (Lipinski definition) is 3. The molecule has 0 aliphatic rings. The molecule has 0 saturated carbocycles. The zero-order valence-corrected chi connectivity index (χ0v) is 16.2. The number of hydrogen-bond donors (Lipinski definition) is 1. The van der Waals surface area contributed by atoms with Crippen LogP contribution in [0.4, 0.5) is 20.2 Å². The van der Waals surface area contributed by atoms with Crippen molar-refractivity contribution in [2.75, 3.05) is 17.3 Å². The van der Waals surface area contributed by atoms with E-state index in [2.05, 4.69) is 26.0 Å². The fourth-order valence-corrected chi connectivity index (χ4v) is 2.61. The fraction of sp³-hybridized carbons (Fsp3) is 0.158. The van der Waals surface area contributed by atoms with Gasteiger partial charge in [-0.15, -0.1) is 0 Å². The third-order valence-electron chi connectivity index (χ3n) is 3.60. The van der Waals surface area contributed by atoms with Crippen molar-refractivity contribution in [3.05, 3.63) is 58.6 Å². The van der Waals surface area contributed by atoms with Crippen LogP contribution >= 0.6 is 15.9 Å². The van der Waals surface area contributed by atoms with E-state index < -0.39 is 12.5 Å². The molecule has 142 valence electrons. The number of halogens is 3. The highest BCUT2D eigenvalue weighted by Gasteiger charge is 2.12. The third kappa shape index (κ3) is 5.89. The number of anilines is 2. The minimum Gasteiger partial charge on any atom is -0.434 e. The lowest BCUT2D eigenvalue weighted by atomic mass is 10.2. The topological polar surface area (TPSA) is 58.6 Å². The molecule has 1 N–H and O–H groups in total. The fourth-order valence-electron chi connectivity index (χ4n) is 2.23. The summed E-state index contributed by atoms with van der Waals surface area (Å²) >= 11 is 3.25. The number of carbonyl (C=O) groups excluding carboxylic acids is 2. The van der Waals surface area contributed by atoms with Gasteiger partial charge in [0.2, 0.25) is 11.8 Å². The summed E-state index contributed by atoms with van der Waals surface area (Å²) in [6.45, 7) is -1.56. The van der Waals surface area contributed by atoms with Gasteiger partial charge < -0.3 is 15.0 Å². The molecule has 0 aliphatic heterocycles. The van der Waals surface area contributed by atoms with Gasteiger partial charge in [-0.05, 0) is 36.4 Å². The number of nitrogens with one attached hydrogen (secondary N) is 1. The van der Waals surface area contributed by atoms with Crippen molar-refractivity contribution >= 4 is 45.2 Å². The Kier molecular flexibility index (Phi) is 7.06. The number of alkyl halides is 2. The van der Waals surface area contributed by atoms with Crippen LogP contribution in [0, 0.1) is 0 Å². The van der Waals surface area contributed by atoms with Gasteiger partial charge >= 0.3 is 6.61 Å². The number of rotatable bonds is 6. The zero-order valence-electron chi connectivity index (χ0n) is 14.6. The SMILES string of the molecule is CC(=O)N(C)c1ccccc1NC(=O)/C=C/c1cc(Br)ccc1OC(F)F. The van der Waals surface area contributed by atoms with E-state index in [0.29, 0.717) is 21.4 Å². The largest absolute Gasteiger partial charge is 0.434 e. The molecule has 0 spiro atoms. The van der Waals surface area contributed by atoms with Crippen LogP contribution in [-0.4, -0.2) is 25.5 Å². The minimum atomic E-state index is -2.97. The lowest BCUT2D eigenvalue weighted by Crippen LogP contribution is -2.24. The number of amides is 2. The van der Waals surface area contributed by atoms with Crippen LogP contribution in [0.3, 0.4) is 0 Å². The Labute approximate surface area is 163 Å². The molecule has 0 saturated heterocycles. The van der Waals surface area contributed by atoms with E-state index in [0.717, 1.165) is 0 Å². The predicted molar refractivity (Wildman–Crippen MR) is 104 cm³/mol. The molecule has 27 heavy (non-hydrogen) atoms. The minimum absolute atomic E-state index is 0.0473. The van der Waals surface area contributed by atoms with Crippen molar-refractivity contribution < 1.29 is 23.1 Å². The van der Waals surface area contributed by atoms with Crippen molar-refractivity contribution in [2.45, 2.75) is 13.5 Å². The molecular formula is C19H17BrF2N2O3. The number of benzene rings is 2. The molecule has 0 bridgehead atoms. The lowest BCUT2D eigenvalue weighted by molar-refractivity contribution is -0.116. The van der Waals surface area contributed by atoms with Gasteiger partial charge in [-0.2, -0.15) is 8.78 Å². The van der Waals surface area contributed by atoms with Crippen molar-refractivity contribution in [3.8, 4) is 5.75 Å². The van der Waals surface area contributed by atoms with Gasteiger partial charge in [0.05, 0.1) is 11.4 Å². The molecule has 0 radical (unpaired) electrons. The first-order valence-electron chi connectivity index (χ1n) is 7.84. The second-order valence-corrected chi connectivity index (χ2v) is 6.39. The monoisotopic (exact) mass is 438 g/mol. The molecule has 2 amide bonds. The van der Waals surface area contributed by atoms with Gasteiger partial charge in [0.25, 0.3) is 0 Å². The van der Waals surface area contributed by atoms with Crippen LogP contribution in [0.25, 0.3) is 6.08 Å². The smallest absolute Gasteiger partial charge is 0.387 e. The van der Waals surface area contributed by atoms with E-state index in [1.807, 2.05) is 0 Å². The first-order valence-corrected chi connectivity index (χ1v) is 8.64. The Bertz CT molecular complexity index is 872. The molecule has 5 nitrogen and oxygen atoms in total. The molecular weight excluding hydrogens is 422 g/mol. The van der Waals surface area contributed by atoms with E-state index in [9.17, 15) is 18.4 Å². The lowest BCUT2D eigenvalue weighted by Gasteiger charge is -2.18. The number of para-hydroxylation sites is 2. The maximum atomic E-state index is 12.5. The van der Waals surface area contributed by atoms with Crippen molar-refractivity contribution in [1.82, 2.24) is 0 Å². The standard InChI is InChI=1S/C19H17BrF2N2O3/c1-12(25)24(2)16-6-4-3-5-15(16)23-18(26)10-7-13-11-14(20)8-9-17(13)27-19(21)22/h3-11,19H,1-2H3,(H,23,26)/b10-7+. The molecule has 2 rings (SSSR count). The molecule has 2 aromatic rings. The van der Waals surface area contributed by atoms with E-state index in [1.54, 1.807) is 43.4 Å². The Balaban J connectivity index is 2.20. The van der Waals surface area contributed by atoms with Crippen LogP contribution in [0.5, 0.6) is 5.75 Å². The summed E-state index contributed by atoms with van der Waals surface area (Å²) in [5.41, 5.74) is 1.30. The van der Waals surface area contributed by atoms with Crippen molar-refractivity contribution in [2.24, 2.45) is 0 Å². The van der Waals surface area contributed by atoms with Crippen LogP contribution in [0.1, 0.15) is 12.5 Å². The van der Waals surface area contributed by atoms with E-state index in [-0.39, 0.29) is 11.7 Å². The molecule has 0 atom stereocenters. The summed E-state index contributed by atoms with van der Waals surface area (Å²) in [6, 6.07) is 11.3. The Hall–Kier alpha value is -2.74. The first kappa shape index (κ1) is 20.6. The van der Waals surface area contributed by atoms with Gasteiger partial charge in [0.1, 0.15) is 5.75 Å². The summed E-state index contributed by atoms with van der Waals surface area (Å²) < 4.78 is 30.1. The Morgan fingerprint density at radius 1 is 1.22 bits per heavy atom. The van der Waals surface area contributed by atoms with Gasteiger partial charge in [-0.25, -0.2) is 0 Å². The second kappa shape index (κ2) is 9.27. The van der Waals surface area contributed by atoms with Gasteiger partial charge in [-0.3, -0.25) is 9.59 Å². The highest BCUT2D eigenvalue weighted by molar-refractivity contribution is 9.10. The quantitative estimate of drug-likeness (QED) is 0.665. The average Bonchev–Trinajstić information content (AvgIpc) is 2.61. The van der Waals surface area contributed by atoms with E-state index >= 15 is 0 Å². The number of ether oxygens (including phenoxy) is 1. The van der Waals surface area contributed by atoms with Crippen molar-refractivity contribution in [3.63, 3.8) is 0 Å². The number of carbonyl (C=O) groups is 2. The summed E-state index contributed by atoms with van der Waals surface area (Å²) in [5, 5.41) is 2.67. The predicted octanol–water partition coefficient (Wildman–Crippen LogP) is 4.69. The van der Waals surface area contributed by atoms with Crippen molar-refractivity contribution in [1.29, 1.82) is 0 Å². The Morgan fingerprint density at radius 3 is 2.59 bits per heavy atom. The molecule has 0 unspecified atom stereocenters.